The smallest absolute Gasteiger partial charge is 0.138 e. The van der Waals surface area contributed by atoms with Crippen LogP contribution < -0.4 is 9.64 Å². The van der Waals surface area contributed by atoms with E-state index in [9.17, 15) is 5.11 Å². The second kappa shape index (κ2) is 7.88. The molecular weight excluding hydrogens is 300 g/mol. The molecule has 24 heavy (non-hydrogen) atoms. The monoisotopic (exact) mass is 324 g/mol. The summed E-state index contributed by atoms with van der Waals surface area (Å²) in [5.74, 6) is 1.26. The molecule has 0 aliphatic carbocycles. The number of para-hydroxylation sites is 3. The Bertz CT molecular complexity index is 692. The van der Waals surface area contributed by atoms with E-state index in [-0.39, 0.29) is 0 Å². The number of piperazine rings is 1. The molecular formula is C20H24N2O2. The minimum Gasteiger partial charge on any atom is -0.506 e. The van der Waals surface area contributed by atoms with Gasteiger partial charge in [-0.05, 0) is 18.2 Å². The normalized spacial score (nSPS) is 15.8. The van der Waals surface area contributed by atoms with Crippen molar-refractivity contribution in [3.8, 4) is 11.5 Å². The molecule has 0 atom stereocenters. The molecule has 0 unspecified atom stereocenters. The summed E-state index contributed by atoms with van der Waals surface area (Å²) in [4.78, 5) is 4.66. The van der Waals surface area contributed by atoms with Gasteiger partial charge in [-0.2, -0.15) is 0 Å². The van der Waals surface area contributed by atoms with Crippen LogP contribution in [0.3, 0.4) is 0 Å². The van der Waals surface area contributed by atoms with Crippen molar-refractivity contribution in [2.45, 2.75) is 0 Å². The molecule has 1 N–H and O–H groups in total. The Morgan fingerprint density at radius 2 is 1.71 bits per heavy atom. The van der Waals surface area contributed by atoms with Gasteiger partial charge in [0.15, 0.2) is 0 Å². The second-order valence-electron chi connectivity index (χ2n) is 5.92. The highest BCUT2D eigenvalue weighted by atomic mass is 16.5. The molecule has 1 saturated heterocycles. The van der Waals surface area contributed by atoms with E-state index in [2.05, 4.69) is 28.0 Å². The summed E-state index contributed by atoms with van der Waals surface area (Å²) < 4.78 is 5.37. The van der Waals surface area contributed by atoms with Crippen molar-refractivity contribution in [2.75, 3.05) is 44.7 Å². The predicted molar refractivity (Wildman–Crippen MR) is 98.8 cm³/mol. The van der Waals surface area contributed by atoms with Gasteiger partial charge in [-0.1, -0.05) is 42.5 Å². The molecule has 126 valence electrons. The summed E-state index contributed by atoms with van der Waals surface area (Å²) in [7, 11) is 1.70. The number of benzene rings is 2. The van der Waals surface area contributed by atoms with Crippen LogP contribution in [0, 0.1) is 0 Å². The molecule has 0 saturated carbocycles. The largest absolute Gasteiger partial charge is 0.506 e. The van der Waals surface area contributed by atoms with Gasteiger partial charge in [0.1, 0.15) is 11.5 Å². The van der Waals surface area contributed by atoms with Crippen LogP contribution in [0.4, 0.5) is 5.69 Å². The maximum Gasteiger partial charge on any atom is 0.138 e. The van der Waals surface area contributed by atoms with E-state index >= 15 is 0 Å². The fourth-order valence-corrected chi connectivity index (χ4v) is 3.04. The van der Waals surface area contributed by atoms with Crippen LogP contribution >= 0.6 is 0 Å². The quantitative estimate of drug-likeness (QED) is 0.916. The Kier molecular flexibility index (Phi) is 5.39. The van der Waals surface area contributed by atoms with Crippen LogP contribution in [0.1, 0.15) is 5.56 Å². The maximum absolute atomic E-state index is 9.97. The minimum absolute atomic E-state index is 0.363. The summed E-state index contributed by atoms with van der Waals surface area (Å²) in [5.41, 5.74) is 2.04. The van der Waals surface area contributed by atoms with Crippen LogP contribution in [0.25, 0.3) is 6.08 Å². The van der Waals surface area contributed by atoms with Gasteiger partial charge in [-0.25, -0.2) is 0 Å². The van der Waals surface area contributed by atoms with Gasteiger partial charge in [-0.15, -0.1) is 0 Å². The molecule has 0 bridgehead atoms. The third-order valence-corrected chi connectivity index (χ3v) is 4.39. The van der Waals surface area contributed by atoms with Gasteiger partial charge in [0.05, 0.1) is 12.8 Å². The van der Waals surface area contributed by atoms with Crippen LogP contribution in [0.5, 0.6) is 11.5 Å². The molecule has 2 aromatic rings. The lowest BCUT2D eigenvalue weighted by Crippen LogP contribution is -2.46. The SMILES string of the molecule is COc1ccccc1C=CCN1CCN(c2ccccc2O)CC1. The average Bonchev–Trinajstić information content (AvgIpc) is 2.63. The third-order valence-electron chi connectivity index (χ3n) is 4.39. The molecule has 3 rings (SSSR count). The van der Waals surface area contributed by atoms with Crippen LogP contribution in [-0.4, -0.2) is 49.8 Å². The summed E-state index contributed by atoms with van der Waals surface area (Å²) >= 11 is 0. The molecule has 0 aromatic heterocycles. The molecule has 0 radical (unpaired) electrons. The first-order valence-corrected chi connectivity index (χ1v) is 8.33. The van der Waals surface area contributed by atoms with E-state index in [0.29, 0.717) is 5.75 Å². The van der Waals surface area contributed by atoms with E-state index in [1.54, 1.807) is 13.2 Å². The Hall–Kier alpha value is -2.46. The molecule has 1 fully saturated rings. The van der Waals surface area contributed by atoms with Crippen molar-refractivity contribution in [2.24, 2.45) is 0 Å². The molecule has 2 aromatic carbocycles. The minimum atomic E-state index is 0.363. The fraction of sp³-hybridized carbons (Fsp3) is 0.300. The summed E-state index contributed by atoms with van der Waals surface area (Å²) in [5, 5.41) is 9.97. The number of ether oxygens (including phenoxy) is 1. The first-order chi connectivity index (χ1) is 11.8. The summed E-state index contributed by atoms with van der Waals surface area (Å²) in [6.45, 7) is 4.77. The first kappa shape index (κ1) is 16.4. The number of methoxy groups -OCH3 is 1. The Morgan fingerprint density at radius 1 is 1.00 bits per heavy atom. The lowest BCUT2D eigenvalue weighted by Gasteiger charge is -2.35. The lowest BCUT2D eigenvalue weighted by atomic mass is 10.2. The number of hydrogen-bond acceptors (Lipinski definition) is 4. The number of phenols is 1. The number of hydrogen-bond donors (Lipinski definition) is 1. The highest BCUT2D eigenvalue weighted by Gasteiger charge is 2.18. The number of anilines is 1. The van der Waals surface area contributed by atoms with Gasteiger partial charge in [-0.3, -0.25) is 4.90 Å². The summed E-state index contributed by atoms with van der Waals surface area (Å²) in [6.07, 6.45) is 4.31. The summed E-state index contributed by atoms with van der Waals surface area (Å²) in [6, 6.07) is 15.6. The van der Waals surface area contributed by atoms with Crippen molar-refractivity contribution in [1.29, 1.82) is 0 Å². The maximum atomic E-state index is 9.97. The zero-order valence-electron chi connectivity index (χ0n) is 14.1. The van der Waals surface area contributed by atoms with Crippen molar-refractivity contribution in [3.63, 3.8) is 0 Å². The molecule has 1 heterocycles. The fourth-order valence-electron chi connectivity index (χ4n) is 3.04. The van der Waals surface area contributed by atoms with Crippen molar-refractivity contribution >= 4 is 11.8 Å². The molecule has 1 aliphatic rings. The van der Waals surface area contributed by atoms with Gasteiger partial charge in [0.25, 0.3) is 0 Å². The van der Waals surface area contributed by atoms with Crippen LogP contribution in [-0.2, 0) is 0 Å². The predicted octanol–water partition coefficient (Wildman–Crippen LogP) is 3.24. The standard InChI is InChI=1S/C20H24N2O2/c1-24-20-11-5-2-7-17(20)8-6-12-21-13-15-22(16-14-21)18-9-3-4-10-19(18)23/h2-11,23H,12-16H2,1H3. The molecule has 4 nitrogen and oxygen atoms in total. The zero-order valence-corrected chi connectivity index (χ0v) is 14.1. The zero-order chi connectivity index (χ0) is 16.8. The van der Waals surface area contributed by atoms with E-state index < -0.39 is 0 Å². The van der Waals surface area contributed by atoms with E-state index in [1.807, 2.05) is 36.4 Å². The number of rotatable bonds is 5. The van der Waals surface area contributed by atoms with Crippen LogP contribution in [0.15, 0.2) is 54.6 Å². The molecule has 1 aliphatic heterocycles. The van der Waals surface area contributed by atoms with Crippen molar-refractivity contribution in [1.82, 2.24) is 4.90 Å². The number of phenolic OH excluding ortho intramolecular Hbond substituents is 1. The van der Waals surface area contributed by atoms with E-state index in [0.717, 1.165) is 49.7 Å². The molecule has 0 spiro atoms. The number of aromatic hydroxyl groups is 1. The lowest BCUT2D eigenvalue weighted by molar-refractivity contribution is 0.283. The Balaban J connectivity index is 1.52. The average molecular weight is 324 g/mol. The van der Waals surface area contributed by atoms with Gasteiger partial charge >= 0.3 is 0 Å². The van der Waals surface area contributed by atoms with E-state index in [1.165, 1.54) is 0 Å². The molecule has 4 heteroatoms. The van der Waals surface area contributed by atoms with Gasteiger partial charge < -0.3 is 14.7 Å². The van der Waals surface area contributed by atoms with Gasteiger partial charge in [0, 0.05) is 38.3 Å². The first-order valence-electron chi connectivity index (χ1n) is 8.33. The Labute approximate surface area is 143 Å². The topological polar surface area (TPSA) is 35.9 Å². The Morgan fingerprint density at radius 3 is 2.46 bits per heavy atom. The van der Waals surface area contributed by atoms with Crippen LogP contribution in [0.2, 0.25) is 0 Å². The highest BCUT2D eigenvalue weighted by Crippen LogP contribution is 2.27. The molecule has 0 amide bonds. The second-order valence-corrected chi connectivity index (χ2v) is 5.92. The highest BCUT2D eigenvalue weighted by molar-refractivity contribution is 5.58. The van der Waals surface area contributed by atoms with E-state index in [4.69, 9.17) is 4.74 Å². The third kappa shape index (κ3) is 3.89. The van der Waals surface area contributed by atoms with Gasteiger partial charge in [0.2, 0.25) is 0 Å². The van der Waals surface area contributed by atoms with Crippen molar-refractivity contribution < 1.29 is 9.84 Å². The number of nitrogens with zero attached hydrogens (tertiary/aromatic N) is 2. The van der Waals surface area contributed by atoms with Crippen molar-refractivity contribution in [3.05, 3.63) is 60.2 Å².